The van der Waals surface area contributed by atoms with Gasteiger partial charge in [-0.1, -0.05) is 6.07 Å². The SMILES string of the molecule is CCNc1cccc(Nc2ccc(SC)cc2)c1[N+](=O)[O-]. The van der Waals surface area contributed by atoms with Crippen molar-refractivity contribution in [2.75, 3.05) is 23.4 Å². The van der Waals surface area contributed by atoms with Gasteiger partial charge in [0.05, 0.1) is 4.92 Å². The molecule has 0 aliphatic rings. The third-order valence-corrected chi connectivity index (χ3v) is 3.70. The van der Waals surface area contributed by atoms with Gasteiger partial charge in [0.2, 0.25) is 0 Å². The van der Waals surface area contributed by atoms with Crippen LogP contribution in [0.25, 0.3) is 0 Å². The number of hydrogen-bond donors (Lipinski definition) is 2. The molecule has 0 spiro atoms. The van der Waals surface area contributed by atoms with Crippen LogP contribution in [0.15, 0.2) is 47.4 Å². The van der Waals surface area contributed by atoms with Gasteiger partial charge in [-0.05, 0) is 49.6 Å². The van der Waals surface area contributed by atoms with Gasteiger partial charge in [-0.15, -0.1) is 11.8 Å². The zero-order chi connectivity index (χ0) is 15.2. The van der Waals surface area contributed by atoms with Crippen molar-refractivity contribution in [1.82, 2.24) is 0 Å². The Morgan fingerprint density at radius 3 is 2.38 bits per heavy atom. The van der Waals surface area contributed by atoms with Crippen LogP contribution < -0.4 is 10.6 Å². The Morgan fingerprint density at radius 2 is 1.81 bits per heavy atom. The van der Waals surface area contributed by atoms with Crippen LogP contribution in [0.2, 0.25) is 0 Å². The zero-order valence-corrected chi connectivity index (χ0v) is 12.7. The van der Waals surface area contributed by atoms with Crippen LogP contribution in [0.4, 0.5) is 22.7 Å². The maximum Gasteiger partial charge on any atom is 0.315 e. The average Bonchev–Trinajstić information content (AvgIpc) is 2.48. The molecule has 6 heteroatoms. The first kappa shape index (κ1) is 15.2. The maximum absolute atomic E-state index is 11.3. The van der Waals surface area contributed by atoms with E-state index in [1.807, 2.05) is 37.4 Å². The lowest BCUT2D eigenvalue weighted by Crippen LogP contribution is -2.04. The average molecular weight is 303 g/mol. The lowest BCUT2D eigenvalue weighted by Gasteiger charge is -2.11. The minimum absolute atomic E-state index is 0.0632. The molecule has 2 aromatic rings. The fraction of sp³-hybridized carbons (Fsp3) is 0.200. The Bertz CT molecular complexity index is 629. The molecule has 0 amide bonds. The summed E-state index contributed by atoms with van der Waals surface area (Å²) in [6.07, 6.45) is 2.01. The fourth-order valence-corrected chi connectivity index (χ4v) is 2.41. The summed E-state index contributed by atoms with van der Waals surface area (Å²) >= 11 is 1.65. The number of anilines is 3. The number of nitrogens with one attached hydrogen (secondary N) is 2. The maximum atomic E-state index is 11.3. The molecule has 0 atom stereocenters. The van der Waals surface area contributed by atoms with Gasteiger partial charge in [0.1, 0.15) is 11.4 Å². The molecule has 21 heavy (non-hydrogen) atoms. The van der Waals surface area contributed by atoms with Gasteiger partial charge in [-0.25, -0.2) is 0 Å². The van der Waals surface area contributed by atoms with E-state index in [2.05, 4.69) is 10.6 Å². The van der Waals surface area contributed by atoms with Gasteiger partial charge >= 0.3 is 5.69 Å². The molecule has 2 N–H and O–H groups in total. The topological polar surface area (TPSA) is 67.2 Å². The van der Waals surface area contributed by atoms with Gasteiger partial charge in [0, 0.05) is 17.1 Å². The number of para-hydroxylation sites is 1. The summed E-state index contributed by atoms with van der Waals surface area (Å²) in [4.78, 5) is 12.1. The van der Waals surface area contributed by atoms with Crippen LogP contribution in [0.1, 0.15) is 6.92 Å². The second-order valence-corrected chi connectivity index (χ2v) is 5.22. The first-order valence-corrected chi connectivity index (χ1v) is 7.80. The van der Waals surface area contributed by atoms with E-state index in [1.165, 1.54) is 0 Å². The highest BCUT2D eigenvalue weighted by molar-refractivity contribution is 7.98. The highest BCUT2D eigenvalue weighted by atomic mass is 32.2. The molecule has 0 radical (unpaired) electrons. The normalized spacial score (nSPS) is 10.2. The van der Waals surface area contributed by atoms with Crippen LogP contribution in [0.3, 0.4) is 0 Å². The van der Waals surface area contributed by atoms with E-state index in [0.717, 1.165) is 10.6 Å². The fourth-order valence-electron chi connectivity index (χ4n) is 2.00. The summed E-state index contributed by atoms with van der Waals surface area (Å²) in [6, 6.07) is 13.0. The van der Waals surface area contributed by atoms with Crippen LogP contribution in [0.5, 0.6) is 0 Å². The van der Waals surface area contributed by atoms with Crippen molar-refractivity contribution in [3.63, 3.8) is 0 Å². The van der Waals surface area contributed by atoms with Crippen LogP contribution in [-0.2, 0) is 0 Å². The molecule has 0 aliphatic carbocycles. The Balaban J connectivity index is 2.33. The third-order valence-electron chi connectivity index (χ3n) is 2.95. The van der Waals surface area contributed by atoms with Gasteiger partial charge in [0.25, 0.3) is 0 Å². The zero-order valence-electron chi connectivity index (χ0n) is 11.9. The highest BCUT2D eigenvalue weighted by Gasteiger charge is 2.19. The van der Waals surface area contributed by atoms with E-state index in [4.69, 9.17) is 0 Å². The number of nitrogens with zero attached hydrogens (tertiary/aromatic N) is 1. The molecule has 0 aliphatic heterocycles. The second kappa shape index (κ2) is 6.99. The Morgan fingerprint density at radius 1 is 1.14 bits per heavy atom. The van der Waals surface area contributed by atoms with Crippen LogP contribution >= 0.6 is 11.8 Å². The highest BCUT2D eigenvalue weighted by Crippen LogP contribution is 2.34. The molecule has 2 aromatic carbocycles. The minimum atomic E-state index is -0.364. The van der Waals surface area contributed by atoms with Crippen molar-refractivity contribution in [3.8, 4) is 0 Å². The molecule has 0 fully saturated rings. The molecule has 0 unspecified atom stereocenters. The Kier molecular flexibility index (Phi) is 5.05. The van der Waals surface area contributed by atoms with Gasteiger partial charge in [0.15, 0.2) is 0 Å². The van der Waals surface area contributed by atoms with Crippen molar-refractivity contribution in [2.24, 2.45) is 0 Å². The summed E-state index contributed by atoms with van der Waals surface area (Å²) in [7, 11) is 0. The lowest BCUT2D eigenvalue weighted by molar-refractivity contribution is -0.383. The third kappa shape index (κ3) is 3.66. The number of nitro benzene ring substituents is 1. The van der Waals surface area contributed by atoms with E-state index in [9.17, 15) is 10.1 Å². The minimum Gasteiger partial charge on any atom is -0.380 e. The molecular weight excluding hydrogens is 286 g/mol. The number of thioether (sulfide) groups is 1. The molecular formula is C15H17N3O2S. The van der Waals surface area contributed by atoms with E-state index in [0.29, 0.717) is 17.9 Å². The monoisotopic (exact) mass is 303 g/mol. The van der Waals surface area contributed by atoms with E-state index in [1.54, 1.807) is 30.0 Å². The molecule has 0 saturated heterocycles. The first-order chi connectivity index (χ1) is 10.2. The van der Waals surface area contributed by atoms with Gasteiger partial charge in [-0.3, -0.25) is 10.1 Å². The van der Waals surface area contributed by atoms with E-state index in [-0.39, 0.29) is 10.6 Å². The number of hydrogen-bond acceptors (Lipinski definition) is 5. The molecule has 0 heterocycles. The summed E-state index contributed by atoms with van der Waals surface area (Å²) in [5.74, 6) is 0. The smallest absolute Gasteiger partial charge is 0.315 e. The molecule has 2 rings (SSSR count). The Hall–Kier alpha value is -2.21. The van der Waals surface area contributed by atoms with Crippen molar-refractivity contribution in [1.29, 1.82) is 0 Å². The number of rotatable bonds is 6. The molecule has 0 saturated carbocycles. The first-order valence-electron chi connectivity index (χ1n) is 6.58. The quantitative estimate of drug-likeness (QED) is 0.467. The summed E-state index contributed by atoms with van der Waals surface area (Å²) in [5.41, 5.74) is 1.89. The van der Waals surface area contributed by atoms with Crippen LogP contribution in [0, 0.1) is 10.1 Å². The molecule has 0 aromatic heterocycles. The summed E-state index contributed by atoms with van der Waals surface area (Å²) < 4.78 is 0. The number of benzene rings is 2. The predicted octanol–water partition coefficient (Wildman–Crippen LogP) is 4.49. The summed E-state index contributed by atoms with van der Waals surface area (Å²) in [5, 5.41) is 17.5. The predicted molar refractivity (Wildman–Crippen MR) is 88.8 cm³/mol. The van der Waals surface area contributed by atoms with Crippen molar-refractivity contribution in [2.45, 2.75) is 11.8 Å². The second-order valence-electron chi connectivity index (χ2n) is 4.34. The largest absolute Gasteiger partial charge is 0.380 e. The van der Waals surface area contributed by atoms with E-state index < -0.39 is 0 Å². The molecule has 5 nitrogen and oxygen atoms in total. The summed E-state index contributed by atoms with van der Waals surface area (Å²) in [6.45, 7) is 2.54. The molecule has 0 bridgehead atoms. The Labute approximate surface area is 127 Å². The standard InChI is InChI=1S/C15H17N3O2S/c1-3-16-13-5-4-6-14(15(13)18(19)20)17-11-7-9-12(21-2)10-8-11/h4-10,16-17H,3H2,1-2H3. The van der Waals surface area contributed by atoms with Crippen molar-refractivity contribution >= 4 is 34.5 Å². The number of nitro groups is 1. The van der Waals surface area contributed by atoms with Crippen molar-refractivity contribution in [3.05, 3.63) is 52.6 Å². The van der Waals surface area contributed by atoms with Gasteiger partial charge in [-0.2, -0.15) is 0 Å². The van der Waals surface area contributed by atoms with E-state index >= 15 is 0 Å². The lowest BCUT2D eigenvalue weighted by atomic mass is 10.2. The van der Waals surface area contributed by atoms with Gasteiger partial charge < -0.3 is 10.6 Å². The molecule has 110 valence electrons. The van der Waals surface area contributed by atoms with Crippen molar-refractivity contribution < 1.29 is 4.92 Å². The van der Waals surface area contributed by atoms with Crippen LogP contribution in [-0.4, -0.2) is 17.7 Å².